The molecule has 0 aliphatic carbocycles. The molecule has 0 amide bonds. The monoisotopic (exact) mass is 490 g/mol. The van der Waals surface area contributed by atoms with Crippen molar-refractivity contribution >= 4 is 16.6 Å². The molecule has 0 radical (unpaired) electrons. The largest absolute Gasteiger partial charge is 0.368 e. The maximum absolute atomic E-state index is 5.57. The molecule has 7 nitrogen and oxygen atoms in total. The van der Waals surface area contributed by atoms with Crippen LogP contribution in [-0.4, -0.2) is 51.2 Å². The summed E-state index contributed by atoms with van der Waals surface area (Å²) in [6.45, 7) is 8.78. The van der Waals surface area contributed by atoms with E-state index in [0.717, 1.165) is 54.2 Å². The van der Waals surface area contributed by atoms with Crippen LogP contribution >= 0.6 is 0 Å². The third kappa shape index (κ3) is 4.82. The number of benzene rings is 2. The highest BCUT2D eigenvalue weighted by Crippen LogP contribution is 2.33. The number of piperazine rings is 1. The Bertz CT molecular complexity index is 1490. The predicted octanol–water partition coefficient (Wildman–Crippen LogP) is 5.79. The number of para-hydroxylation sites is 1. The van der Waals surface area contributed by atoms with Crippen molar-refractivity contribution < 1.29 is 4.52 Å². The van der Waals surface area contributed by atoms with Gasteiger partial charge in [-0.25, -0.2) is 0 Å². The summed E-state index contributed by atoms with van der Waals surface area (Å²) in [7, 11) is 0. The molecule has 0 N–H and O–H groups in total. The van der Waals surface area contributed by atoms with E-state index in [1.807, 2.05) is 18.5 Å². The molecule has 0 spiro atoms. The second-order valence-corrected chi connectivity index (χ2v) is 9.83. The Morgan fingerprint density at radius 1 is 0.865 bits per heavy atom. The van der Waals surface area contributed by atoms with Crippen LogP contribution < -0.4 is 4.90 Å². The summed E-state index contributed by atoms with van der Waals surface area (Å²) in [6.07, 6.45) is 5.61. The first-order valence-corrected chi connectivity index (χ1v) is 12.8. The molecule has 1 aliphatic heterocycles. The minimum atomic E-state index is 0.499. The first kappa shape index (κ1) is 23.3. The quantitative estimate of drug-likeness (QED) is 0.298. The highest BCUT2D eigenvalue weighted by Gasteiger charge is 2.21. The van der Waals surface area contributed by atoms with Crippen LogP contribution in [0.25, 0.3) is 33.5 Å². The molecule has 5 aromatic rings. The molecule has 1 fully saturated rings. The fraction of sp³-hybridized carbons (Fsp3) is 0.267. The lowest BCUT2D eigenvalue weighted by Crippen LogP contribution is -2.46. The van der Waals surface area contributed by atoms with Gasteiger partial charge in [-0.05, 0) is 35.7 Å². The second kappa shape index (κ2) is 10.1. The molecule has 0 atom stereocenters. The Morgan fingerprint density at radius 3 is 2.46 bits per heavy atom. The molecule has 2 aromatic carbocycles. The number of aromatic nitrogens is 4. The van der Waals surface area contributed by atoms with E-state index in [1.54, 1.807) is 6.20 Å². The van der Waals surface area contributed by atoms with Gasteiger partial charge < -0.3 is 9.42 Å². The molecule has 1 aliphatic rings. The van der Waals surface area contributed by atoms with Crippen molar-refractivity contribution in [3.05, 3.63) is 90.6 Å². The summed E-state index contributed by atoms with van der Waals surface area (Å²) in [5.41, 5.74) is 6.69. The molecule has 37 heavy (non-hydrogen) atoms. The van der Waals surface area contributed by atoms with Gasteiger partial charge in [0.1, 0.15) is 0 Å². The van der Waals surface area contributed by atoms with Crippen molar-refractivity contribution in [1.82, 2.24) is 25.0 Å². The van der Waals surface area contributed by atoms with E-state index >= 15 is 0 Å². The van der Waals surface area contributed by atoms with Crippen LogP contribution in [0.15, 0.2) is 83.8 Å². The first-order valence-electron chi connectivity index (χ1n) is 12.8. The van der Waals surface area contributed by atoms with Crippen molar-refractivity contribution in [1.29, 1.82) is 0 Å². The van der Waals surface area contributed by atoms with Gasteiger partial charge in [-0.1, -0.05) is 55.4 Å². The van der Waals surface area contributed by atoms with Gasteiger partial charge in [0.15, 0.2) is 5.82 Å². The minimum absolute atomic E-state index is 0.499. The summed E-state index contributed by atoms with van der Waals surface area (Å²) in [5.74, 6) is 1.81. The molecule has 0 unspecified atom stereocenters. The van der Waals surface area contributed by atoms with Crippen LogP contribution in [0.3, 0.4) is 0 Å². The normalized spacial score (nSPS) is 14.5. The fourth-order valence-corrected chi connectivity index (χ4v) is 4.99. The van der Waals surface area contributed by atoms with Gasteiger partial charge in [0, 0.05) is 72.5 Å². The van der Waals surface area contributed by atoms with E-state index in [2.05, 4.69) is 93.4 Å². The molecule has 3 aromatic heterocycles. The van der Waals surface area contributed by atoms with E-state index < -0.39 is 0 Å². The SMILES string of the molecule is CC(C)c1ccc(-c2nc(CN3CCN(c4ccnc5c(-c6cccnc6)cccc45)CC3)no2)cc1. The summed E-state index contributed by atoms with van der Waals surface area (Å²) in [5, 5.41) is 5.42. The van der Waals surface area contributed by atoms with Gasteiger partial charge in [0.05, 0.1) is 12.1 Å². The predicted molar refractivity (Wildman–Crippen MR) is 146 cm³/mol. The zero-order valence-corrected chi connectivity index (χ0v) is 21.2. The van der Waals surface area contributed by atoms with Crippen molar-refractivity contribution in [3.63, 3.8) is 0 Å². The minimum Gasteiger partial charge on any atom is -0.368 e. The lowest BCUT2D eigenvalue weighted by atomic mass is 10.0. The van der Waals surface area contributed by atoms with Crippen LogP contribution in [-0.2, 0) is 6.54 Å². The maximum atomic E-state index is 5.57. The smallest absolute Gasteiger partial charge is 0.257 e. The zero-order valence-electron chi connectivity index (χ0n) is 21.2. The lowest BCUT2D eigenvalue weighted by Gasteiger charge is -2.36. The van der Waals surface area contributed by atoms with E-state index in [4.69, 9.17) is 9.51 Å². The van der Waals surface area contributed by atoms with Crippen LogP contribution in [0.5, 0.6) is 0 Å². The molecular formula is C30H30N6O. The molecule has 1 saturated heterocycles. The number of hydrogen-bond acceptors (Lipinski definition) is 7. The average Bonchev–Trinajstić information content (AvgIpc) is 3.42. The number of anilines is 1. The average molecular weight is 491 g/mol. The molecular weight excluding hydrogens is 460 g/mol. The Kier molecular flexibility index (Phi) is 6.37. The summed E-state index contributed by atoms with van der Waals surface area (Å²) in [6, 6.07) is 20.9. The first-order chi connectivity index (χ1) is 18.2. The Morgan fingerprint density at radius 2 is 1.70 bits per heavy atom. The van der Waals surface area contributed by atoms with Crippen LogP contribution in [0, 0.1) is 0 Å². The van der Waals surface area contributed by atoms with Gasteiger partial charge >= 0.3 is 0 Å². The van der Waals surface area contributed by atoms with E-state index in [9.17, 15) is 0 Å². The molecule has 7 heteroatoms. The molecule has 0 saturated carbocycles. The van der Waals surface area contributed by atoms with Crippen molar-refractivity contribution in [2.75, 3.05) is 31.1 Å². The molecule has 186 valence electrons. The molecule has 0 bridgehead atoms. The number of rotatable bonds is 6. The summed E-state index contributed by atoms with van der Waals surface area (Å²) >= 11 is 0. The van der Waals surface area contributed by atoms with Gasteiger partial charge in [-0.15, -0.1) is 0 Å². The second-order valence-electron chi connectivity index (χ2n) is 9.83. The van der Waals surface area contributed by atoms with Crippen molar-refractivity contribution in [3.8, 4) is 22.6 Å². The standard InChI is InChI=1S/C30H30N6O/c1-21(2)22-8-10-23(11-9-22)30-33-28(34-37-30)20-35-15-17-36(18-16-35)27-12-14-32-29-25(6-3-7-26(27)29)24-5-4-13-31-19-24/h3-14,19,21H,15-18,20H2,1-2H3. The van der Waals surface area contributed by atoms with Gasteiger partial charge in [0.2, 0.25) is 0 Å². The van der Waals surface area contributed by atoms with Gasteiger partial charge in [-0.3, -0.25) is 14.9 Å². The van der Waals surface area contributed by atoms with E-state index in [1.165, 1.54) is 16.6 Å². The Hall–Kier alpha value is -4.10. The fourth-order valence-electron chi connectivity index (χ4n) is 4.99. The van der Waals surface area contributed by atoms with Crippen molar-refractivity contribution in [2.45, 2.75) is 26.3 Å². The Balaban J connectivity index is 1.14. The molecule has 6 rings (SSSR count). The van der Waals surface area contributed by atoms with Crippen LogP contribution in [0.4, 0.5) is 5.69 Å². The van der Waals surface area contributed by atoms with E-state index in [-0.39, 0.29) is 0 Å². The summed E-state index contributed by atoms with van der Waals surface area (Å²) in [4.78, 5) is 18.5. The van der Waals surface area contributed by atoms with Crippen LogP contribution in [0.1, 0.15) is 31.2 Å². The van der Waals surface area contributed by atoms with E-state index in [0.29, 0.717) is 18.4 Å². The topological polar surface area (TPSA) is 71.2 Å². The number of nitrogens with zero attached hydrogens (tertiary/aromatic N) is 6. The van der Waals surface area contributed by atoms with Gasteiger partial charge in [-0.2, -0.15) is 4.98 Å². The third-order valence-corrected chi connectivity index (χ3v) is 7.09. The lowest BCUT2D eigenvalue weighted by molar-refractivity contribution is 0.240. The van der Waals surface area contributed by atoms with Crippen LogP contribution in [0.2, 0.25) is 0 Å². The number of pyridine rings is 2. The van der Waals surface area contributed by atoms with Crippen molar-refractivity contribution in [2.24, 2.45) is 0 Å². The Labute approximate surface area is 216 Å². The maximum Gasteiger partial charge on any atom is 0.257 e. The zero-order chi connectivity index (χ0) is 25.2. The third-order valence-electron chi connectivity index (χ3n) is 7.09. The summed E-state index contributed by atoms with van der Waals surface area (Å²) < 4.78 is 5.57. The van der Waals surface area contributed by atoms with Gasteiger partial charge in [0.25, 0.3) is 5.89 Å². The highest BCUT2D eigenvalue weighted by atomic mass is 16.5. The highest BCUT2D eigenvalue weighted by molar-refractivity contribution is 6.00. The number of fused-ring (bicyclic) bond motifs is 1. The number of hydrogen-bond donors (Lipinski definition) is 0. The molecule has 4 heterocycles.